The molecule has 0 bridgehead atoms. The van der Waals surface area contributed by atoms with Gasteiger partial charge in [0.2, 0.25) is 0 Å². The van der Waals surface area contributed by atoms with Crippen molar-refractivity contribution in [1.29, 1.82) is 0 Å². The van der Waals surface area contributed by atoms with Crippen LogP contribution in [0, 0.1) is 5.92 Å². The molecule has 3 aliphatic heterocycles. The summed E-state index contributed by atoms with van der Waals surface area (Å²) in [5.74, 6) is -2.86. The van der Waals surface area contributed by atoms with Crippen LogP contribution < -0.4 is 0 Å². The molecular formula is C30H50O13Si. The first-order valence-corrected chi connectivity index (χ1v) is 16.9. The van der Waals surface area contributed by atoms with Crippen molar-refractivity contribution >= 4 is 32.4 Å². The second-order valence-electron chi connectivity index (χ2n) is 13.9. The number of rotatable bonds is 7. The summed E-state index contributed by atoms with van der Waals surface area (Å²) in [6, 6.07) is 0. The van der Waals surface area contributed by atoms with Crippen molar-refractivity contribution in [2.45, 2.75) is 148 Å². The van der Waals surface area contributed by atoms with Crippen molar-refractivity contribution in [2.75, 3.05) is 13.2 Å². The first-order chi connectivity index (χ1) is 20.2. The Bertz CT molecular complexity index is 1050. The zero-order chi connectivity index (χ0) is 33.4. The number of hydrogen-bond acceptors (Lipinski definition) is 13. The van der Waals surface area contributed by atoms with Crippen molar-refractivity contribution in [3.05, 3.63) is 0 Å². The van der Waals surface area contributed by atoms with Crippen molar-refractivity contribution in [2.24, 2.45) is 5.92 Å². The van der Waals surface area contributed by atoms with Crippen molar-refractivity contribution in [3.63, 3.8) is 0 Å². The van der Waals surface area contributed by atoms with E-state index in [1.54, 1.807) is 6.92 Å². The molecule has 0 N–H and O–H groups in total. The average molecular weight is 647 g/mol. The molecule has 3 rings (SSSR count). The van der Waals surface area contributed by atoms with Crippen molar-refractivity contribution < 1.29 is 61.2 Å². The van der Waals surface area contributed by atoms with E-state index in [1.165, 1.54) is 27.7 Å². The molecule has 0 spiro atoms. The van der Waals surface area contributed by atoms with Gasteiger partial charge in [-0.1, -0.05) is 48.5 Å². The molecule has 44 heavy (non-hydrogen) atoms. The van der Waals surface area contributed by atoms with Crippen molar-refractivity contribution in [1.82, 2.24) is 0 Å². The molecule has 0 radical (unpaired) electrons. The van der Waals surface area contributed by atoms with Crippen LogP contribution in [0.1, 0.15) is 83.1 Å². The van der Waals surface area contributed by atoms with Gasteiger partial charge in [0.05, 0.1) is 19.3 Å². The molecule has 4 unspecified atom stereocenters. The highest BCUT2D eigenvalue weighted by Crippen LogP contribution is 2.55. The molecule has 0 aromatic carbocycles. The summed E-state index contributed by atoms with van der Waals surface area (Å²) in [6.07, 6.45) is -7.74. The van der Waals surface area contributed by atoms with Gasteiger partial charge < -0.3 is 42.0 Å². The molecule has 0 amide bonds. The highest BCUT2D eigenvalue weighted by atomic mass is 28.4. The lowest BCUT2D eigenvalue weighted by Crippen LogP contribution is -2.70. The average Bonchev–Trinajstić information content (AvgIpc) is 2.86. The van der Waals surface area contributed by atoms with Gasteiger partial charge in [0, 0.05) is 43.7 Å². The SMILES string of the molecule is CC(=O)OC1[C@H](C)OC(CO[C@@H]2OC3CO[Si](C(C)(C)C)(C(C)(C)C)O[C@@H]3[C@H](OC(C)=O)C2C)[C@H](OC(C)=O)[C@@H]1OC(C)=O. The van der Waals surface area contributed by atoms with E-state index in [2.05, 4.69) is 41.5 Å². The van der Waals surface area contributed by atoms with E-state index in [4.69, 9.17) is 42.0 Å². The van der Waals surface area contributed by atoms with Crippen LogP contribution in [0.3, 0.4) is 0 Å². The van der Waals surface area contributed by atoms with Gasteiger partial charge in [-0.2, -0.15) is 0 Å². The largest absolute Gasteiger partial charge is 0.459 e. The Hall–Kier alpha value is -2.10. The number of fused-ring (bicyclic) bond motifs is 1. The predicted octanol–water partition coefficient (Wildman–Crippen LogP) is 3.34. The van der Waals surface area contributed by atoms with E-state index in [1.807, 2.05) is 6.92 Å². The van der Waals surface area contributed by atoms with E-state index in [9.17, 15) is 19.2 Å². The van der Waals surface area contributed by atoms with Crippen LogP contribution in [0.2, 0.25) is 10.1 Å². The van der Waals surface area contributed by atoms with Gasteiger partial charge >= 0.3 is 32.4 Å². The Morgan fingerprint density at radius 1 is 0.705 bits per heavy atom. The summed E-state index contributed by atoms with van der Waals surface area (Å²) in [6.45, 7) is 21.2. The van der Waals surface area contributed by atoms with Gasteiger partial charge in [-0.15, -0.1) is 0 Å². The van der Waals surface area contributed by atoms with Gasteiger partial charge in [-0.3, -0.25) is 19.2 Å². The standard InChI is InChI=1S/C30H50O13Si/c1-15-23(38-17(3)31)26-22(14-36-44(43-26,29(7,8)9)30(10,11)12)42-28(15)35-13-21-25(40-19(5)33)27(41-20(6)34)24(16(2)37-21)39-18(4)32/h15-16,21-28H,13-14H2,1-12H3/t15?,16-,21?,22?,23+,24?,25-,26-,27+,28+/m0/s1. The number of ether oxygens (including phenoxy) is 7. The third-order valence-electron chi connectivity index (χ3n) is 8.17. The molecule has 13 nitrogen and oxygen atoms in total. The van der Waals surface area contributed by atoms with Gasteiger partial charge in [0.25, 0.3) is 0 Å². The zero-order valence-corrected chi connectivity index (χ0v) is 29.0. The summed E-state index contributed by atoms with van der Waals surface area (Å²) in [5.41, 5.74) is 0. The molecule has 10 atom stereocenters. The molecule has 3 fully saturated rings. The normalized spacial score (nSPS) is 35.5. The molecule has 0 aromatic rings. The Labute approximate surface area is 261 Å². The van der Waals surface area contributed by atoms with E-state index < -0.39 is 93.5 Å². The lowest BCUT2D eigenvalue weighted by atomic mass is 9.92. The predicted molar refractivity (Wildman–Crippen MR) is 156 cm³/mol. The van der Waals surface area contributed by atoms with Gasteiger partial charge in [0.15, 0.2) is 24.6 Å². The summed E-state index contributed by atoms with van der Waals surface area (Å²) < 4.78 is 54.4. The minimum atomic E-state index is -2.91. The van der Waals surface area contributed by atoms with Crippen LogP contribution in [0.25, 0.3) is 0 Å². The minimum absolute atomic E-state index is 0.156. The van der Waals surface area contributed by atoms with Crippen LogP contribution in [-0.2, 0) is 61.2 Å². The van der Waals surface area contributed by atoms with Gasteiger partial charge in [-0.05, 0) is 6.92 Å². The lowest BCUT2D eigenvalue weighted by molar-refractivity contribution is -0.308. The van der Waals surface area contributed by atoms with E-state index in [0.717, 1.165) is 0 Å². The van der Waals surface area contributed by atoms with E-state index in [0.29, 0.717) is 0 Å². The Kier molecular flexibility index (Phi) is 11.3. The molecule has 0 saturated carbocycles. The van der Waals surface area contributed by atoms with E-state index >= 15 is 0 Å². The second-order valence-corrected chi connectivity index (χ2v) is 18.7. The summed E-state index contributed by atoms with van der Waals surface area (Å²) in [4.78, 5) is 48.2. The topological polar surface area (TPSA) is 151 Å². The number of esters is 4. The fourth-order valence-corrected chi connectivity index (χ4v) is 11.6. The number of carbonyl (C=O) groups is 4. The molecular weight excluding hydrogens is 596 g/mol. The zero-order valence-electron chi connectivity index (χ0n) is 28.0. The second kappa shape index (κ2) is 13.7. The molecule has 252 valence electrons. The molecule has 3 saturated heterocycles. The fourth-order valence-electron chi connectivity index (χ4n) is 6.65. The maximum atomic E-state index is 12.3. The first-order valence-electron chi connectivity index (χ1n) is 15.1. The third kappa shape index (κ3) is 7.81. The first kappa shape index (κ1) is 36.4. The maximum Gasteiger partial charge on any atom is 0.349 e. The lowest BCUT2D eigenvalue weighted by Gasteiger charge is -2.57. The number of hydrogen-bond donors (Lipinski definition) is 0. The van der Waals surface area contributed by atoms with E-state index in [-0.39, 0.29) is 23.3 Å². The van der Waals surface area contributed by atoms with Gasteiger partial charge in [-0.25, -0.2) is 0 Å². The monoisotopic (exact) mass is 646 g/mol. The quantitative estimate of drug-likeness (QED) is 0.226. The minimum Gasteiger partial charge on any atom is -0.459 e. The summed E-state index contributed by atoms with van der Waals surface area (Å²) in [5, 5.41) is -0.590. The van der Waals surface area contributed by atoms with Crippen LogP contribution in [0.5, 0.6) is 0 Å². The smallest absolute Gasteiger partial charge is 0.349 e. The third-order valence-corrected chi connectivity index (χ3v) is 13.3. The Morgan fingerprint density at radius 3 is 1.68 bits per heavy atom. The van der Waals surface area contributed by atoms with Crippen LogP contribution >= 0.6 is 0 Å². The van der Waals surface area contributed by atoms with Gasteiger partial charge in [0.1, 0.15) is 24.4 Å². The maximum absolute atomic E-state index is 12.3. The Morgan fingerprint density at radius 2 is 1.18 bits per heavy atom. The molecule has 0 aliphatic carbocycles. The van der Waals surface area contributed by atoms with Crippen LogP contribution in [0.15, 0.2) is 0 Å². The van der Waals surface area contributed by atoms with Crippen molar-refractivity contribution in [3.8, 4) is 0 Å². The van der Waals surface area contributed by atoms with Crippen LogP contribution in [-0.4, -0.2) is 101 Å². The fraction of sp³-hybridized carbons (Fsp3) is 0.867. The molecule has 3 heterocycles. The highest BCUT2D eigenvalue weighted by molar-refractivity contribution is 6.73. The van der Waals surface area contributed by atoms with Crippen LogP contribution in [0.4, 0.5) is 0 Å². The number of carbonyl (C=O) groups excluding carboxylic acids is 4. The summed E-state index contributed by atoms with van der Waals surface area (Å²) >= 11 is 0. The Balaban J connectivity index is 1.87. The molecule has 14 heteroatoms. The summed E-state index contributed by atoms with van der Waals surface area (Å²) in [7, 11) is -2.91. The highest BCUT2D eigenvalue weighted by Gasteiger charge is 2.65. The molecule has 3 aliphatic rings. The molecule has 0 aromatic heterocycles.